The van der Waals surface area contributed by atoms with Gasteiger partial charge in [-0.05, 0) is 67.6 Å². The molecule has 140 valence electrons. The number of nitrogens with zero attached hydrogens (tertiary/aromatic N) is 3. The molecular formula is C25H26N3+. The van der Waals surface area contributed by atoms with Gasteiger partial charge in [0.1, 0.15) is 5.52 Å². The first-order chi connectivity index (χ1) is 13.5. The Bertz CT molecular complexity index is 1390. The molecule has 0 unspecified atom stereocenters. The quantitative estimate of drug-likeness (QED) is 0.300. The number of aryl methyl sites for hydroxylation is 3. The maximum absolute atomic E-state index is 5.02. The number of hydrogen-bond donors (Lipinski definition) is 0. The van der Waals surface area contributed by atoms with E-state index in [4.69, 9.17) is 4.98 Å². The van der Waals surface area contributed by atoms with E-state index >= 15 is 0 Å². The van der Waals surface area contributed by atoms with E-state index in [0.29, 0.717) is 5.92 Å². The zero-order valence-electron chi connectivity index (χ0n) is 17.2. The average molecular weight is 369 g/mol. The summed E-state index contributed by atoms with van der Waals surface area (Å²) in [7, 11) is 2.16. The van der Waals surface area contributed by atoms with Crippen LogP contribution in [0.1, 0.15) is 30.7 Å². The van der Waals surface area contributed by atoms with Gasteiger partial charge in [-0.3, -0.25) is 4.98 Å². The molecule has 0 bridgehead atoms. The van der Waals surface area contributed by atoms with E-state index in [1.807, 2.05) is 0 Å². The van der Waals surface area contributed by atoms with Gasteiger partial charge in [0, 0.05) is 11.1 Å². The van der Waals surface area contributed by atoms with E-state index in [-0.39, 0.29) is 0 Å². The van der Waals surface area contributed by atoms with E-state index in [9.17, 15) is 0 Å². The first-order valence-corrected chi connectivity index (χ1v) is 10.1. The highest BCUT2D eigenvalue weighted by Crippen LogP contribution is 2.33. The van der Waals surface area contributed by atoms with Crippen molar-refractivity contribution in [3.63, 3.8) is 0 Å². The molecule has 0 spiro atoms. The Morgan fingerprint density at radius 2 is 1.79 bits per heavy atom. The molecule has 2 aromatic carbocycles. The van der Waals surface area contributed by atoms with Crippen LogP contribution in [0.5, 0.6) is 0 Å². The number of pyridine rings is 2. The summed E-state index contributed by atoms with van der Waals surface area (Å²) in [6, 6.07) is 17.8. The van der Waals surface area contributed by atoms with Crippen LogP contribution >= 0.6 is 0 Å². The van der Waals surface area contributed by atoms with E-state index in [0.717, 1.165) is 17.6 Å². The van der Waals surface area contributed by atoms with Crippen molar-refractivity contribution < 1.29 is 4.57 Å². The largest absolute Gasteiger partial charge is 0.297 e. The van der Waals surface area contributed by atoms with Gasteiger partial charge in [0.05, 0.1) is 18.0 Å². The zero-order chi connectivity index (χ0) is 19.6. The number of hydrogen-bond acceptors (Lipinski definition) is 1. The summed E-state index contributed by atoms with van der Waals surface area (Å²) in [4.78, 5) is 5.02. The molecule has 3 nitrogen and oxygen atoms in total. The fourth-order valence-corrected chi connectivity index (χ4v) is 4.72. The summed E-state index contributed by atoms with van der Waals surface area (Å²) in [5, 5.41) is 2.49. The Kier molecular flexibility index (Phi) is 3.70. The van der Waals surface area contributed by atoms with E-state index in [1.165, 1.54) is 44.1 Å². The fraction of sp³-hybridized carbons (Fsp3) is 0.280. The number of aromatic nitrogens is 3. The van der Waals surface area contributed by atoms with Crippen LogP contribution in [0.3, 0.4) is 0 Å². The van der Waals surface area contributed by atoms with Crippen molar-refractivity contribution >= 4 is 38.5 Å². The van der Waals surface area contributed by atoms with Crippen molar-refractivity contribution in [2.45, 2.75) is 34.1 Å². The summed E-state index contributed by atoms with van der Waals surface area (Å²) < 4.78 is 4.72. The van der Waals surface area contributed by atoms with Crippen LogP contribution in [0.25, 0.3) is 38.5 Å². The van der Waals surface area contributed by atoms with Gasteiger partial charge < -0.3 is 0 Å². The minimum absolute atomic E-state index is 0.633. The number of benzene rings is 2. The summed E-state index contributed by atoms with van der Waals surface area (Å²) in [5.41, 5.74) is 9.76. The van der Waals surface area contributed by atoms with Gasteiger partial charge in [-0.25, -0.2) is 4.57 Å². The number of fused-ring (bicyclic) bond motifs is 8. The molecule has 3 heterocycles. The Morgan fingerprint density at radius 3 is 2.57 bits per heavy atom. The lowest BCUT2D eigenvalue weighted by Gasteiger charge is -2.10. The zero-order valence-corrected chi connectivity index (χ0v) is 17.2. The minimum Gasteiger partial charge on any atom is -0.252 e. The Balaban J connectivity index is 2.10. The molecule has 0 aliphatic heterocycles. The molecule has 0 saturated heterocycles. The summed E-state index contributed by atoms with van der Waals surface area (Å²) >= 11 is 0. The third-order valence-electron chi connectivity index (χ3n) is 5.78. The SMILES string of the molecule is Cc1cc(C)c2c(n1)c1cc(CC(C)C)ccc1n1c3ccccc3[n+](C)c21. The van der Waals surface area contributed by atoms with Crippen LogP contribution in [-0.2, 0) is 13.5 Å². The summed E-state index contributed by atoms with van der Waals surface area (Å²) in [6.07, 6.45) is 1.08. The molecule has 0 N–H and O–H groups in total. The molecule has 3 aromatic heterocycles. The molecule has 0 fully saturated rings. The van der Waals surface area contributed by atoms with Crippen LogP contribution in [0.4, 0.5) is 0 Å². The smallest absolute Gasteiger partial charge is 0.252 e. The molecule has 28 heavy (non-hydrogen) atoms. The Morgan fingerprint density at radius 1 is 1.00 bits per heavy atom. The predicted octanol–water partition coefficient (Wildman–Crippen LogP) is 5.43. The number of rotatable bonds is 2. The lowest BCUT2D eigenvalue weighted by molar-refractivity contribution is -0.617. The highest BCUT2D eigenvalue weighted by atomic mass is 15.1. The van der Waals surface area contributed by atoms with Crippen molar-refractivity contribution in [2.75, 3.05) is 0 Å². The van der Waals surface area contributed by atoms with Crippen LogP contribution in [0.15, 0.2) is 48.5 Å². The van der Waals surface area contributed by atoms with Gasteiger partial charge in [0.25, 0.3) is 5.65 Å². The van der Waals surface area contributed by atoms with Gasteiger partial charge >= 0.3 is 0 Å². The van der Waals surface area contributed by atoms with Crippen molar-refractivity contribution in [3.05, 3.63) is 65.4 Å². The van der Waals surface area contributed by atoms with Crippen LogP contribution in [0, 0.1) is 19.8 Å². The maximum Gasteiger partial charge on any atom is 0.297 e. The molecule has 5 aromatic rings. The average Bonchev–Trinajstić information content (AvgIpc) is 2.94. The second-order valence-electron chi connectivity index (χ2n) is 8.46. The first kappa shape index (κ1) is 17.2. The van der Waals surface area contributed by atoms with Crippen molar-refractivity contribution in [1.29, 1.82) is 0 Å². The molecule has 5 rings (SSSR count). The van der Waals surface area contributed by atoms with Gasteiger partial charge in [-0.15, -0.1) is 0 Å². The van der Waals surface area contributed by atoms with Crippen LogP contribution in [-0.4, -0.2) is 9.38 Å². The molecule has 0 radical (unpaired) electrons. The van der Waals surface area contributed by atoms with Gasteiger partial charge in [-0.1, -0.05) is 32.0 Å². The second kappa shape index (κ2) is 6.03. The van der Waals surface area contributed by atoms with E-state index < -0.39 is 0 Å². The maximum atomic E-state index is 5.02. The summed E-state index contributed by atoms with van der Waals surface area (Å²) in [6.45, 7) is 8.85. The lowest BCUT2D eigenvalue weighted by Crippen LogP contribution is -2.27. The predicted molar refractivity (Wildman–Crippen MR) is 117 cm³/mol. The van der Waals surface area contributed by atoms with Crippen molar-refractivity contribution in [1.82, 2.24) is 9.38 Å². The minimum atomic E-state index is 0.633. The molecule has 3 heteroatoms. The molecule has 0 aliphatic rings. The monoisotopic (exact) mass is 368 g/mol. The fourth-order valence-electron chi connectivity index (χ4n) is 4.72. The molecule has 0 atom stereocenters. The van der Waals surface area contributed by atoms with Gasteiger partial charge in [0.2, 0.25) is 0 Å². The van der Waals surface area contributed by atoms with Gasteiger partial charge in [-0.2, -0.15) is 4.40 Å². The normalized spacial score (nSPS) is 12.2. The number of para-hydroxylation sites is 2. The Hall–Kier alpha value is -2.94. The molecule has 0 saturated carbocycles. The van der Waals surface area contributed by atoms with E-state index in [1.54, 1.807) is 0 Å². The first-order valence-electron chi connectivity index (χ1n) is 10.1. The molecule has 0 aliphatic carbocycles. The number of imidazole rings is 1. The highest BCUT2D eigenvalue weighted by Gasteiger charge is 2.25. The van der Waals surface area contributed by atoms with Crippen LogP contribution < -0.4 is 4.57 Å². The highest BCUT2D eigenvalue weighted by molar-refractivity contribution is 6.12. The third kappa shape index (κ3) is 2.35. The van der Waals surface area contributed by atoms with E-state index in [2.05, 4.69) is 92.2 Å². The molecular weight excluding hydrogens is 342 g/mol. The van der Waals surface area contributed by atoms with Crippen molar-refractivity contribution in [3.8, 4) is 0 Å². The van der Waals surface area contributed by atoms with Crippen LogP contribution in [0.2, 0.25) is 0 Å². The standard InChI is InChI=1S/C25H26N3/c1-15(2)12-18-10-11-20-19(14-18)24-23(16(3)13-17(4)26-24)25-27(5)21-8-6-7-9-22(21)28(20)25/h6-11,13-15H,12H2,1-5H3/q+1. The molecule has 0 amide bonds. The Labute approximate surface area is 165 Å². The lowest BCUT2D eigenvalue weighted by atomic mass is 9.99. The summed E-state index contributed by atoms with van der Waals surface area (Å²) in [5.74, 6) is 0.633. The second-order valence-corrected chi connectivity index (χ2v) is 8.46. The van der Waals surface area contributed by atoms with Crippen molar-refractivity contribution in [2.24, 2.45) is 13.0 Å². The third-order valence-corrected chi connectivity index (χ3v) is 5.78. The topological polar surface area (TPSA) is 21.2 Å². The van der Waals surface area contributed by atoms with Gasteiger partial charge in [0.15, 0.2) is 11.0 Å².